The number of hydrogen-bond donors (Lipinski definition) is 0. The Hall–Kier alpha value is -1.04. The lowest BCUT2D eigenvalue weighted by atomic mass is 9.64. The van der Waals surface area contributed by atoms with Crippen molar-refractivity contribution in [2.75, 3.05) is 0 Å². The fourth-order valence-corrected chi connectivity index (χ4v) is 3.38. The second-order valence-electron chi connectivity index (χ2n) is 5.72. The maximum absolute atomic E-state index is 2.49. The average Bonchev–Trinajstić information content (AvgIpc) is 2.42. The third-order valence-electron chi connectivity index (χ3n) is 4.62. The second kappa shape index (κ2) is 5.73. The standard InChI is InChI=1S/C18H26/c1-4-13-18(14-7-6-8-15(18)3)17-11-9-16(5-2)10-12-17/h7,9-12,14-15H,4-6,8,13H2,1-3H3. The van der Waals surface area contributed by atoms with Gasteiger partial charge in [-0.3, -0.25) is 0 Å². The summed E-state index contributed by atoms with van der Waals surface area (Å²) in [5, 5.41) is 0. The number of aryl methyl sites for hydroxylation is 1. The van der Waals surface area contributed by atoms with Crippen molar-refractivity contribution < 1.29 is 0 Å². The minimum Gasteiger partial charge on any atom is -0.0876 e. The van der Waals surface area contributed by atoms with Gasteiger partial charge in [-0.2, -0.15) is 0 Å². The normalized spacial score (nSPS) is 27.4. The van der Waals surface area contributed by atoms with E-state index >= 15 is 0 Å². The van der Waals surface area contributed by atoms with E-state index in [9.17, 15) is 0 Å². The van der Waals surface area contributed by atoms with Gasteiger partial charge in [-0.1, -0.05) is 63.6 Å². The molecule has 0 bridgehead atoms. The van der Waals surface area contributed by atoms with Crippen molar-refractivity contribution in [1.82, 2.24) is 0 Å². The molecular formula is C18H26. The van der Waals surface area contributed by atoms with Gasteiger partial charge >= 0.3 is 0 Å². The van der Waals surface area contributed by atoms with Gasteiger partial charge in [0.2, 0.25) is 0 Å². The summed E-state index contributed by atoms with van der Waals surface area (Å²) in [6.45, 7) is 6.95. The first-order chi connectivity index (χ1) is 8.73. The lowest BCUT2D eigenvalue weighted by molar-refractivity contribution is 0.301. The minimum atomic E-state index is 0.291. The van der Waals surface area contributed by atoms with Crippen LogP contribution in [0, 0.1) is 5.92 Å². The Morgan fingerprint density at radius 1 is 1.17 bits per heavy atom. The predicted octanol–water partition coefficient (Wildman–Crippen LogP) is 5.27. The maximum atomic E-state index is 2.49. The molecule has 18 heavy (non-hydrogen) atoms. The molecule has 1 aliphatic rings. The van der Waals surface area contributed by atoms with Crippen molar-refractivity contribution in [1.29, 1.82) is 0 Å². The van der Waals surface area contributed by atoms with Crippen LogP contribution >= 0.6 is 0 Å². The van der Waals surface area contributed by atoms with E-state index in [0.29, 0.717) is 5.41 Å². The quantitative estimate of drug-likeness (QED) is 0.631. The first kappa shape index (κ1) is 13.4. The van der Waals surface area contributed by atoms with E-state index < -0.39 is 0 Å². The van der Waals surface area contributed by atoms with Crippen molar-refractivity contribution in [3.05, 3.63) is 47.5 Å². The fraction of sp³-hybridized carbons (Fsp3) is 0.556. The molecule has 0 aliphatic heterocycles. The van der Waals surface area contributed by atoms with E-state index in [1.54, 1.807) is 0 Å². The van der Waals surface area contributed by atoms with Gasteiger partial charge in [0.1, 0.15) is 0 Å². The molecule has 98 valence electrons. The smallest absolute Gasteiger partial charge is 0.0157 e. The zero-order valence-corrected chi connectivity index (χ0v) is 12.1. The number of allylic oxidation sites excluding steroid dienone is 2. The molecule has 0 N–H and O–H groups in total. The van der Waals surface area contributed by atoms with Gasteiger partial charge in [-0.05, 0) is 42.7 Å². The summed E-state index contributed by atoms with van der Waals surface area (Å²) in [5.74, 6) is 0.759. The molecular weight excluding hydrogens is 216 g/mol. The van der Waals surface area contributed by atoms with Gasteiger partial charge in [-0.15, -0.1) is 0 Å². The molecule has 2 unspecified atom stereocenters. The van der Waals surface area contributed by atoms with Crippen LogP contribution in [0.5, 0.6) is 0 Å². The molecule has 1 aromatic rings. The van der Waals surface area contributed by atoms with Crippen molar-refractivity contribution in [2.45, 2.75) is 58.3 Å². The first-order valence-corrected chi connectivity index (χ1v) is 7.50. The van der Waals surface area contributed by atoms with Gasteiger partial charge in [0.05, 0.1) is 0 Å². The summed E-state index contributed by atoms with van der Waals surface area (Å²) in [4.78, 5) is 0. The highest BCUT2D eigenvalue weighted by Crippen LogP contribution is 2.43. The molecule has 0 saturated carbocycles. The van der Waals surface area contributed by atoms with Crippen LogP contribution in [0.25, 0.3) is 0 Å². The van der Waals surface area contributed by atoms with E-state index in [1.165, 1.54) is 36.8 Å². The monoisotopic (exact) mass is 242 g/mol. The topological polar surface area (TPSA) is 0 Å². The Labute approximate surface area is 112 Å². The van der Waals surface area contributed by atoms with Crippen LogP contribution in [0.1, 0.15) is 57.6 Å². The van der Waals surface area contributed by atoms with Crippen LogP contribution in [0.4, 0.5) is 0 Å². The lowest BCUT2D eigenvalue weighted by Gasteiger charge is -2.40. The van der Waals surface area contributed by atoms with E-state index in [0.717, 1.165) is 12.3 Å². The van der Waals surface area contributed by atoms with Crippen molar-refractivity contribution in [3.8, 4) is 0 Å². The SMILES string of the molecule is CCCC1(c2ccc(CC)cc2)C=CCCC1C. The van der Waals surface area contributed by atoms with Crippen LogP contribution in [0.3, 0.4) is 0 Å². The van der Waals surface area contributed by atoms with E-state index in [2.05, 4.69) is 57.2 Å². The highest BCUT2D eigenvalue weighted by Gasteiger charge is 2.35. The molecule has 0 saturated heterocycles. The Balaban J connectivity index is 2.39. The number of benzene rings is 1. The van der Waals surface area contributed by atoms with Crippen LogP contribution < -0.4 is 0 Å². The summed E-state index contributed by atoms with van der Waals surface area (Å²) in [6.07, 6.45) is 11.1. The molecule has 0 nitrogen and oxygen atoms in total. The highest BCUT2D eigenvalue weighted by atomic mass is 14.4. The molecule has 0 heterocycles. The number of rotatable bonds is 4. The minimum absolute atomic E-state index is 0.291. The van der Waals surface area contributed by atoms with Gasteiger partial charge in [-0.25, -0.2) is 0 Å². The summed E-state index contributed by atoms with van der Waals surface area (Å²) in [6, 6.07) is 9.34. The molecule has 0 spiro atoms. The molecule has 2 atom stereocenters. The van der Waals surface area contributed by atoms with Gasteiger partial charge < -0.3 is 0 Å². The third-order valence-corrected chi connectivity index (χ3v) is 4.62. The van der Waals surface area contributed by atoms with Crippen LogP contribution in [-0.4, -0.2) is 0 Å². The van der Waals surface area contributed by atoms with Gasteiger partial charge in [0.25, 0.3) is 0 Å². The third kappa shape index (κ3) is 2.39. The molecule has 1 aromatic carbocycles. The second-order valence-corrected chi connectivity index (χ2v) is 5.72. The van der Waals surface area contributed by atoms with E-state index in [-0.39, 0.29) is 0 Å². The first-order valence-electron chi connectivity index (χ1n) is 7.50. The van der Waals surface area contributed by atoms with Crippen molar-refractivity contribution >= 4 is 0 Å². The van der Waals surface area contributed by atoms with Crippen LogP contribution in [0.15, 0.2) is 36.4 Å². The average molecular weight is 242 g/mol. The predicted molar refractivity (Wildman–Crippen MR) is 79.9 cm³/mol. The summed E-state index contributed by atoms with van der Waals surface area (Å²) < 4.78 is 0. The Morgan fingerprint density at radius 2 is 1.89 bits per heavy atom. The van der Waals surface area contributed by atoms with Crippen molar-refractivity contribution in [3.63, 3.8) is 0 Å². The highest BCUT2D eigenvalue weighted by molar-refractivity contribution is 5.35. The Morgan fingerprint density at radius 3 is 2.44 bits per heavy atom. The summed E-state index contributed by atoms with van der Waals surface area (Å²) >= 11 is 0. The molecule has 1 aliphatic carbocycles. The Bertz CT molecular complexity index is 399. The van der Waals surface area contributed by atoms with Crippen LogP contribution in [0.2, 0.25) is 0 Å². The molecule has 2 rings (SSSR count). The van der Waals surface area contributed by atoms with Gasteiger partial charge in [0, 0.05) is 5.41 Å². The van der Waals surface area contributed by atoms with E-state index in [1.807, 2.05) is 0 Å². The van der Waals surface area contributed by atoms with Gasteiger partial charge in [0.15, 0.2) is 0 Å². The largest absolute Gasteiger partial charge is 0.0876 e. The zero-order chi connectivity index (χ0) is 13.0. The molecule has 0 amide bonds. The molecule has 0 radical (unpaired) electrons. The van der Waals surface area contributed by atoms with E-state index in [4.69, 9.17) is 0 Å². The summed E-state index contributed by atoms with van der Waals surface area (Å²) in [7, 11) is 0. The zero-order valence-electron chi connectivity index (χ0n) is 12.1. The maximum Gasteiger partial charge on any atom is 0.0157 e. The number of hydrogen-bond acceptors (Lipinski definition) is 0. The van der Waals surface area contributed by atoms with Crippen molar-refractivity contribution in [2.24, 2.45) is 5.92 Å². The molecule has 0 heteroatoms. The molecule has 0 aromatic heterocycles. The molecule has 0 fully saturated rings. The Kier molecular flexibility index (Phi) is 4.27. The summed E-state index contributed by atoms with van der Waals surface area (Å²) in [5.41, 5.74) is 3.25. The lowest BCUT2D eigenvalue weighted by Crippen LogP contribution is -2.33. The fourth-order valence-electron chi connectivity index (χ4n) is 3.38. The van der Waals surface area contributed by atoms with Crippen LogP contribution in [-0.2, 0) is 11.8 Å².